The van der Waals surface area contributed by atoms with Gasteiger partial charge < -0.3 is 24.7 Å². The predicted molar refractivity (Wildman–Crippen MR) is 111 cm³/mol. The van der Waals surface area contributed by atoms with Crippen molar-refractivity contribution in [3.05, 3.63) is 23.8 Å². The molecule has 1 aromatic rings. The van der Waals surface area contributed by atoms with Gasteiger partial charge in [0.15, 0.2) is 11.5 Å². The quantitative estimate of drug-likeness (QED) is 0.297. The second kappa shape index (κ2) is 13.4. The Morgan fingerprint density at radius 3 is 2.26 bits per heavy atom. The van der Waals surface area contributed by atoms with Crippen LogP contribution in [0.4, 0.5) is 0 Å². The van der Waals surface area contributed by atoms with E-state index in [4.69, 9.17) is 24.7 Å². The number of nitrogens with two attached hydrogens (primary N) is 1. The second-order valence-corrected chi connectivity index (χ2v) is 7.17. The summed E-state index contributed by atoms with van der Waals surface area (Å²) in [5, 5.41) is 0. The summed E-state index contributed by atoms with van der Waals surface area (Å²) in [5.74, 6) is -2.02. The van der Waals surface area contributed by atoms with E-state index >= 15 is 0 Å². The molecule has 9 nitrogen and oxygen atoms in total. The van der Waals surface area contributed by atoms with Crippen LogP contribution in [0.2, 0.25) is 0 Å². The van der Waals surface area contributed by atoms with E-state index in [1.54, 1.807) is 13.0 Å². The molecule has 2 atom stereocenters. The van der Waals surface area contributed by atoms with Gasteiger partial charge in [-0.2, -0.15) is 0 Å². The lowest BCUT2D eigenvalue weighted by Gasteiger charge is -2.17. The van der Waals surface area contributed by atoms with Gasteiger partial charge in [-0.15, -0.1) is 0 Å². The molecule has 0 saturated carbocycles. The van der Waals surface area contributed by atoms with Crippen molar-refractivity contribution in [1.82, 2.24) is 0 Å². The topological polar surface area (TPSA) is 131 Å². The van der Waals surface area contributed by atoms with Crippen molar-refractivity contribution in [3.63, 3.8) is 0 Å². The Kier molecular flexibility index (Phi) is 11.3. The van der Waals surface area contributed by atoms with E-state index in [0.29, 0.717) is 12.0 Å². The molecule has 1 aromatic carbocycles. The van der Waals surface area contributed by atoms with Crippen molar-refractivity contribution in [2.24, 2.45) is 5.73 Å². The number of hydrogen-bond donors (Lipinski definition) is 1. The van der Waals surface area contributed by atoms with Gasteiger partial charge in [0, 0.05) is 20.3 Å². The molecule has 0 radical (unpaired) electrons. The summed E-state index contributed by atoms with van der Waals surface area (Å²) in [6, 6.07) is 3.52. The number of esters is 4. The van der Waals surface area contributed by atoms with Crippen molar-refractivity contribution in [2.75, 3.05) is 6.61 Å². The van der Waals surface area contributed by atoms with Crippen LogP contribution in [0.15, 0.2) is 18.2 Å². The molecule has 31 heavy (non-hydrogen) atoms. The van der Waals surface area contributed by atoms with Gasteiger partial charge in [-0.05, 0) is 37.5 Å². The minimum Gasteiger partial charge on any atom is -0.462 e. The van der Waals surface area contributed by atoms with E-state index in [0.717, 1.165) is 19.3 Å². The fraction of sp³-hybridized carbons (Fsp3) is 0.545. The molecule has 2 N–H and O–H groups in total. The van der Waals surface area contributed by atoms with Crippen LogP contribution in [0, 0.1) is 0 Å². The van der Waals surface area contributed by atoms with E-state index in [1.165, 1.54) is 26.0 Å². The minimum atomic E-state index is -0.993. The third-order valence-corrected chi connectivity index (χ3v) is 4.05. The summed E-state index contributed by atoms with van der Waals surface area (Å²) < 4.78 is 20.4. The zero-order valence-corrected chi connectivity index (χ0v) is 18.5. The third-order valence-electron chi connectivity index (χ3n) is 4.05. The normalized spacial score (nSPS) is 12.4. The standard InChI is InChI=1S/C22H31NO8/c1-5-6-7-8-21(26)28-13-14(2)29-22(27)18(23)11-17-9-10-19(30-15(3)24)20(12-17)31-16(4)25/h9-10,12,14,18H,5-8,11,13,23H2,1-4H3/t14-,18-/m0/s1. The van der Waals surface area contributed by atoms with Gasteiger partial charge in [-0.3, -0.25) is 19.2 Å². The van der Waals surface area contributed by atoms with Gasteiger partial charge in [-0.1, -0.05) is 25.8 Å². The van der Waals surface area contributed by atoms with Crippen LogP contribution < -0.4 is 15.2 Å². The fourth-order valence-corrected chi connectivity index (χ4v) is 2.61. The molecule has 0 aromatic heterocycles. The molecular weight excluding hydrogens is 406 g/mol. The molecular formula is C22H31NO8. The van der Waals surface area contributed by atoms with Gasteiger partial charge in [-0.25, -0.2) is 0 Å². The molecule has 172 valence electrons. The van der Waals surface area contributed by atoms with E-state index in [1.807, 2.05) is 6.92 Å². The van der Waals surface area contributed by atoms with Gasteiger partial charge in [0.05, 0.1) is 0 Å². The number of ether oxygens (including phenoxy) is 4. The first-order chi connectivity index (χ1) is 14.6. The van der Waals surface area contributed by atoms with Crippen LogP contribution in [-0.4, -0.2) is 42.6 Å². The molecule has 1 rings (SSSR count). The SMILES string of the molecule is CCCCCC(=O)OC[C@H](C)OC(=O)[C@@H](N)Cc1ccc(OC(C)=O)c(OC(C)=O)c1. The number of unbranched alkanes of at least 4 members (excludes halogenated alkanes) is 2. The number of benzene rings is 1. The maximum absolute atomic E-state index is 12.2. The number of carbonyl (C=O) groups excluding carboxylic acids is 4. The van der Waals surface area contributed by atoms with Crippen LogP contribution in [0.3, 0.4) is 0 Å². The van der Waals surface area contributed by atoms with Gasteiger partial charge in [0.1, 0.15) is 18.8 Å². The Balaban J connectivity index is 2.61. The lowest BCUT2D eigenvalue weighted by atomic mass is 10.1. The average Bonchev–Trinajstić information content (AvgIpc) is 2.67. The predicted octanol–water partition coefficient (Wildman–Crippen LogP) is 2.46. The number of carbonyl (C=O) groups is 4. The first-order valence-corrected chi connectivity index (χ1v) is 10.2. The first kappa shape index (κ1) is 26.1. The lowest BCUT2D eigenvalue weighted by molar-refractivity contribution is -0.159. The maximum Gasteiger partial charge on any atom is 0.323 e. The summed E-state index contributed by atoms with van der Waals surface area (Å²) >= 11 is 0. The van der Waals surface area contributed by atoms with Gasteiger partial charge in [0.25, 0.3) is 0 Å². The number of hydrogen-bond acceptors (Lipinski definition) is 9. The highest BCUT2D eigenvalue weighted by molar-refractivity contribution is 5.76. The van der Waals surface area contributed by atoms with Crippen molar-refractivity contribution < 1.29 is 38.1 Å². The Bertz CT molecular complexity index is 777. The van der Waals surface area contributed by atoms with Crippen molar-refractivity contribution in [2.45, 2.75) is 71.9 Å². The second-order valence-electron chi connectivity index (χ2n) is 7.17. The summed E-state index contributed by atoms with van der Waals surface area (Å²) in [7, 11) is 0. The monoisotopic (exact) mass is 437 g/mol. The van der Waals surface area contributed by atoms with Gasteiger partial charge >= 0.3 is 23.9 Å². The van der Waals surface area contributed by atoms with E-state index in [9.17, 15) is 19.2 Å². The zero-order chi connectivity index (χ0) is 23.4. The Morgan fingerprint density at radius 2 is 1.65 bits per heavy atom. The molecule has 0 aliphatic rings. The average molecular weight is 437 g/mol. The molecule has 0 aliphatic carbocycles. The highest BCUT2D eigenvalue weighted by Gasteiger charge is 2.21. The molecule has 0 aliphatic heterocycles. The Hall–Kier alpha value is -2.94. The molecule has 0 bridgehead atoms. The zero-order valence-electron chi connectivity index (χ0n) is 18.5. The van der Waals surface area contributed by atoms with Crippen molar-refractivity contribution in [3.8, 4) is 11.5 Å². The molecule has 0 unspecified atom stereocenters. The maximum atomic E-state index is 12.2. The van der Waals surface area contributed by atoms with E-state index in [2.05, 4.69) is 0 Å². The van der Waals surface area contributed by atoms with Crippen LogP contribution in [-0.2, 0) is 35.1 Å². The van der Waals surface area contributed by atoms with Crippen LogP contribution in [0.25, 0.3) is 0 Å². The third kappa shape index (κ3) is 10.6. The minimum absolute atomic E-state index is 0.0445. The smallest absolute Gasteiger partial charge is 0.323 e. The Labute approximate surface area is 182 Å². The lowest BCUT2D eigenvalue weighted by Crippen LogP contribution is -2.37. The molecule has 9 heteroatoms. The first-order valence-electron chi connectivity index (χ1n) is 10.2. The molecule has 0 spiro atoms. The molecule has 0 fully saturated rings. The van der Waals surface area contributed by atoms with Crippen molar-refractivity contribution >= 4 is 23.9 Å². The summed E-state index contributed by atoms with van der Waals surface area (Å²) in [5.41, 5.74) is 6.50. The van der Waals surface area contributed by atoms with Crippen LogP contribution in [0.1, 0.15) is 58.9 Å². The van der Waals surface area contributed by atoms with Crippen LogP contribution >= 0.6 is 0 Å². The molecule has 0 heterocycles. The van der Waals surface area contributed by atoms with Gasteiger partial charge in [0.2, 0.25) is 0 Å². The number of rotatable bonds is 12. The van der Waals surface area contributed by atoms with E-state index in [-0.39, 0.29) is 30.5 Å². The largest absolute Gasteiger partial charge is 0.462 e. The molecule has 0 saturated heterocycles. The highest BCUT2D eigenvalue weighted by Crippen LogP contribution is 2.29. The summed E-state index contributed by atoms with van der Waals surface area (Å²) in [6.07, 6.45) is 2.51. The summed E-state index contributed by atoms with van der Waals surface area (Å²) in [6.45, 7) is 6.04. The Morgan fingerprint density at radius 1 is 1.00 bits per heavy atom. The summed E-state index contributed by atoms with van der Waals surface area (Å²) in [4.78, 5) is 46.4. The highest BCUT2D eigenvalue weighted by atomic mass is 16.6. The van der Waals surface area contributed by atoms with E-state index < -0.39 is 30.1 Å². The molecule has 0 amide bonds. The fourth-order valence-electron chi connectivity index (χ4n) is 2.61. The van der Waals surface area contributed by atoms with Crippen LogP contribution in [0.5, 0.6) is 11.5 Å². The van der Waals surface area contributed by atoms with Crippen molar-refractivity contribution in [1.29, 1.82) is 0 Å².